The smallest absolute Gasteiger partial charge is 0.247 e. The van der Waals surface area contributed by atoms with E-state index in [2.05, 4.69) is 51.3 Å². The number of piperazine rings is 1. The van der Waals surface area contributed by atoms with Crippen molar-refractivity contribution >= 4 is 27.5 Å². The minimum Gasteiger partial charge on any atom is -0.355 e. The Morgan fingerprint density at radius 2 is 2.05 bits per heavy atom. The summed E-state index contributed by atoms with van der Waals surface area (Å²) >= 11 is 3.67. The van der Waals surface area contributed by atoms with Crippen LogP contribution in [-0.4, -0.2) is 43.0 Å². The van der Waals surface area contributed by atoms with Crippen LogP contribution in [0.25, 0.3) is 0 Å². The van der Waals surface area contributed by atoms with E-state index in [1.54, 1.807) is 0 Å². The third kappa shape index (κ3) is 3.24. The second kappa shape index (κ2) is 6.36. The van der Waals surface area contributed by atoms with E-state index in [1.807, 2.05) is 25.8 Å². The molecule has 1 aromatic rings. The van der Waals surface area contributed by atoms with Crippen molar-refractivity contribution in [2.24, 2.45) is 0 Å². The lowest BCUT2D eigenvalue weighted by atomic mass is 9.96. The molecule has 0 atom stereocenters. The van der Waals surface area contributed by atoms with Crippen LogP contribution in [0, 0.1) is 0 Å². The van der Waals surface area contributed by atoms with Crippen molar-refractivity contribution in [2.45, 2.75) is 32.9 Å². The molecule has 0 saturated carbocycles. The molecule has 116 valence electrons. The maximum absolute atomic E-state index is 12.4. The molecule has 1 aliphatic heterocycles. The van der Waals surface area contributed by atoms with E-state index in [0.29, 0.717) is 0 Å². The zero-order valence-electron chi connectivity index (χ0n) is 13.2. The first-order chi connectivity index (χ1) is 9.87. The van der Waals surface area contributed by atoms with Crippen LogP contribution in [0.5, 0.6) is 0 Å². The van der Waals surface area contributed by atoms with Gasteiger partial charge in [-0.1, -0.05) is 13.0 Å². The average Bonchev–Trinajstić information content (AvgIpc) is 2.44. The second-order valence-electron chi connectivity index (χ2n) is 6.00. The molecule has 5 heteroatoms. The number of likely N-dealkylation sites (N-methyl/N-ethyl adjacent to an activating group) is 1. The summed E-state index contributed by atoms with van der Waals surface area (Å²) in [6.07, 6.45) is 0. The Morgan fingerprint density at radius 3 is 2.67 bits per heavy atom. The van der Waals surface area contributed by atoms with Gasteiger partial charge in [0.2, 0.25) is 5.91 Å². The number of nitrogens with zero attached hydrogens (tertiary/aromatic N) is 2. The molecule has 1 N–H and O–H groups in total. The molecule has 4 nitrogen and oxygen atoms in total. The van der Waals surface area contributed by atoms with E-state index in [-0.39, 0.29) is 5.91 Å². The average molecular weight is 354 g/mol. The Kier molecular flexibility index (Phi) is 4.94. The summed E-state index contributed by atoms with van der Waals surface area (Å²) in [5, 5.41) is 3.32. The van der Waals surface area contributed by atoms with Crippen molar-refractivity contribution in [3.05, 3.63) is 28.2 Å². The van der Waals surface area contributed by atoms with Crippen molar-refractivity contribution in [3.8, 4) is 0 Å². The molecule has 1 heterocycles. The number of hydrogen-bond acceptors (Lipinski definition) is 3. The zero-order chi connectivity index (χ0) is 15.6. The highest BCUT2D eigenvalue weighted by molar-refractivity contribution is 9.10. The van der Waals surface area contributed by atoms with Crippen molar-refractivity contribution in [3.63, 3.8) is 0 Å². The summed E-state index contributed by atoms with van der Waals surface area (Å²) in [5.41, 5.74) is 1.81. The van der Waals surface area contributed by atoms with Crippen LogP contribution in [0.4, 0.5) is 5.69 Å². The largest absolute Gasteiger partial charge is 0.355 e. The van der Waals surface area contributed by atoms with E-state index in [4.69, 9.17) is 0 Å². The molecule has 0 radical (unpaired) electrons. The third-order valence-corrected chi connectivity index (χ3v) is 4.72. The van der Waals surface area contributed by atoms with Gasteiger partial charge in [-0.05, 0) is 54.0 Å². The summed E-state index contributed by atoms with van der Waals surface area (Å²) in [7, 11) is 1.87. The predicted molar refractivity (Wildman–Crippen MR) is 90.6 cm³/mol. The highest BCUT2D eigenvalue weighted by Gasteiger charge is 2.41. The van der Waals surface area contributed by atoms with Gasteiger partial charge in [0.25, 0.3) is 0 Å². The third-order valence-electron chi connectivity index (χ3n) is 4.09. The summed E-state index contributed by atoms with van der Waals surface area (Å²) in [6, 6.07) is 6.37. The van der Waals surface area contributed by atoms with Crippen LogP contribution >= 0.6 is 15.9 Å². The summed E-state index contributed by atoms with van der Waals surface area (Å²) < 4.78 is 1.04. The SMILES string of the molecule is CCNCc1ccc(N2CCN(C)C(=O)C2(C)C)c(Br)c1. The quantitative estimate of drug-likeness (QED) is 0.903. The summed E-state index contributed by atoms with van der Waals surface area (Å²) in [5.74, 6) is 0.164. The lowest BCUT2D eigenvalue weighted by Crippen LogP contribution is -2.62. The van der Waals surface area contributed by atoms with Gasteiger partial charge in [-0.15, -0.1) is 0 Å². The molecule has 0 bridgehead atoms. The standard InChI is InChI=1S/C16H24BrN3O/c1-5-18-11-12-6-7-14(13(17)10-12)20-9-8-19(4)15(21)16(20,2)3/h6-7,10,18H,5,8-9,11H2,1-4H3. The Labute approximate surface area is 135 Å². The minimum atomic E-state index is -0.515. The Bertz CT molecular complexity index is 530. The zero-order valence-corrected chi connectivity index (χ0v) is 14.8. The first-order valence-corrected chi connectivity index (χ1v) is 8.19. The second-order valence-corrected chi connectivity index (χ2v) is 6.86. The molecular formula is C16H24BrN3O. The maximum atomic E-state index is 12.4. The van der Waals surface area contributed by atoms with Gasteiger partial charge in [0.15, 0.2) is 0 Å². The normalized spacial score (nSPS) is 18.2. The molecule has 0 aromatic heterocycles. The number of nitrogens with one attached hydrogen (secondary N) is 1. The van der Waals surface area contributed by atoms with Crippen LogP contribution in [0.1, 0.15) is 26.3 Å². The van der Waals surface area contributed by atoms with Crippen LogP contribution in [0.15, 0.2) is 22.7 Å². The number of carbonyl (C=O) groups excluding carboxylic acids is 1. The molecule has 1 amide bonds. The summed E-state index contributed by atoms with van der Waals surface area (Å²) in [6.45, 7) is 9.50. The van der Waals surface area contributed by atoms with E-state index in [9.17, 15) is 4.79 Å². The lowest BCUT2D eigenvalue weighted by molar-refractivity contribution is -0.136. The Balaban J connectivity index is 2.27. The highest BCUT2D eigenvalue weighted by Crippen LogP contribution is 2.34. The topological polar surface area (TPSA) is 35.6 Å². The predicted octanol–water partition coefficient (Wildman–Crippen LogP) is 2.62. The molecule has 1 aliphatic rings. The first kappa shape index (κ1) is 16.3. The molecule has 1 aromatic carbocycles. The van der Waals surface area contributed by atoms with Gasteiger partial charge in [0.1, 0.15) is 5.54 Å². The molecular weight excluding hydrogens is 330 g/mol. The van der Waals surface area contributed by atoms with Gasteiger partial charge >= 0.3 is 0 Å². The highest BCUT2D eigenvalue weighted by atomic mass is 79.9. The van der Waals surface area contributed by atoms with Crippen LogP contribution in [-0.2, 0) is 11.3 Å². The van der Waals surface area contributed by atoms with E-state index >= 15 is 0 Å². The van der Waals surface area contributed by atoms with E-state index in [0.717, 1.165) is 36.3 Å². The maximum Gasteiger partial charge on any atom is 0.247 e. The van der Waals surface area contributed by atoms with Gasteiger partial charge < -0.3 is 15.1 Å². The molecule has 1 fully saturated rings. The molecule has 0 aliphatic carbocycles. The molecule has 21 heavy (non-hydrogen) atoms. The molecule has 0 unspecified atom stereocenters. The van der Waals surface area contributed by atoms with Crippen molar-refractivity contribution in [1.82, 2.24) is 10.2 Å². The van der Waals surface area contributed by atoms with Crippen LogP contribution in [0.2, 0.25) is 0 Å². The molecule has 2 rings (SSSR count). The number of anilines is 1. The molecule has 1 saturated heterocycles. The van der Waals surface area contributed by atoms with Crippen LogP contribution < -0.4 is 10.2 Å². The van der Waals surface area contributed by atoms with Gasteiger partial charge in [0, 0.05) is 31.2 Å². The summed E-state index contributed by atoms with van der Waals surface area (Å²) in [4.78, 5) is 16.4. The van der Waals surface area contributed by atoms with Gasteiger partial charge in [-0.2, -0.15) is 0 Å². The van der Waals surface area contributed by atoms with E-state index in [1.165, 1.54) is 5.56 Å². The van der Waals surface area contributed by atoms with Gasteiger partial charge in [0.05, 0.1) is 5.69 Å². The minimum absolute atomic E-state index is 0.164. The number of carbonyl (C=O) groups is 1. The fourth-order valence-electron chi connectivity index (χ4n) is 2.78. The van der Waals surface area contributed by atoms with Gasteiger partial charge in [-0.3, -0.25) is 4.79 Å². The Hall–Kier alpha value is -1.07. The lowest BCUT2D eigenvalue weighted by Gasteiger charge is -2.46. The van der Waals surface area contributed by atoms with Gasteiger partial charge in [-0.25, -0.2) is 0 Å². The monoisotopic (exact) mass is 353 g/mol. The number of amides is 1. The fourth-order valence-corrected chi connectivity index (χ4v) is 3.42. The van der Waals surface area contributed by atoms with Crippen molar-refractivity contribution in [2.75, 3.05) is 31.6 Å². The molecule has 0 spiro atoms. The number of halogens is 1. The van der Waals surface area contributed by atoms with Crippen molar-refractivity contribution < 1.29 is 4.79 Å². The first-order valence-electron chi connectivity index (χ1n) is 7.40. The van der Waals surface area contributed by atoms with Crippen LogP contribution in [0.3, 0.4) is 0 Å². The van der Waals surface area contributed by atoms with E-state index < -0.39 is 5.54 Å². The Morgan fingerprint density at radius 1 is 1.33 bits per heavy atom. The number of benzene rings is 1. The number of hydrogen-bond donors (Lipinski definition) is 1. The van der Waals surface area contributed by atoms with Crippen molar-refractivity contribution in [1.29, 1.82) is 0 Å². The fraction of sp³-hybridized carbons (Fsp3) is 0.562. The number of rotatable bonds is 4.